The molecule has 2 heterocycles. The fourth-order valence-corrected chi connectivity index (χ4v) is 2.84. The van der Waals surface area contributed by atoms with Crippen molar-refractivity contribution in [1.82, 2.24) is 29.6 Å². The second-order valence-electron chi connectivity index (χ2n) is 5.41. The Balaban J connectivity index is 1.89. The molecule has 11 nitrogen and oxygen atoms in total. The maximum Gasteiger partial charge on any atom is 0.277 e. The first kappa shape index (κ1) is 18.5. The summed E-state index contributed by atoms with van der Waals surface area (Å²) in [4.78, 5) is 10.9. The molecule has 12 heteroatoms. The van der Waals surface area contributed by atoms with Crippen LogP contribution in [0.25, 0.3) is 0 Å². The Morgan fingerprint density at radius 2 is 2.21 bits per heavy atom. The Labute approximate surface area is 139 Å². The van der Waals surface area contributed by atoms with Crippen molar-refractivity contribution in [2.75, 3.05) is 0 Å². The molecule has 0 radical (unpaired) electrons. The number of imidazole rings is 1. The summed E-state index contributed by atoms with van der Waals surface area (Å²) in [5.41, 5.74) is 6.79. The van der Waals surface area contributed by atoms with Crippen molar-refractivity contribution in [1.29, 1.82) is 0 Å². The zero-order valence-electron chi connectivity index (χ0n) is 13.3. The van der Waals surface area contributed by atoms with Gasteiger partial charge >= 0.3 is 0 Å². The van der Waals surface area contributed by atoms with E-state index >= 15 is 0 Å². The van der Waals surface area contributed by atoms with Crippen LogP contribution >= 0.6 is 0 Å². The summed E-state index contributed by atoms with van der Waals surface area (Å²) in [5.74, 6) is 0.351. The number of H-pyrrole nitrogens is 1. The molecule has 3 atom stereocenters. The minimum atomic E-state index is -3.81. The molecule has 0 amide bonds. The minimum absolute atomic E-state index is 0.0835. The lowest BCUT2D eigenvalue weighted by atomic mass is 10.2. The molecule has 2 rings (SSSR count). The van der Waals surface area contributed by atoms with Crippen LogP contribution in [0.1, 0.15) is 37.3 Å². The van der Waals surface area contributed by atoms with Crippen LogP contribution < -0.4 is 15.2 Å². The number of hydrogen-bond acceptors (Lipinski definition) is 8. The molecule has 2 aromatic rings. The van der Waals surface area contributed by atoms with E-state index < -0.39 is 28.4 Å². The van der Waals surface area contributed by atoms with Crippen molar-refractivity contribution in [3.8, 4) is 0 Å². The zero-order chi connectivity index (χ0) is 17.7. The molecule has 134 valence electrons. The zero-order valence-corrected chi connectivity index (χ0v) is 14.1. The van der Waals surface area contributed by atoms with E-state index in [1.807, 2.05) is 0 Å². The molecule has 0 aliphatic carbocycles. The van der Waals surface area contributed by atoms with Gasteiger partial charge in [-0.05, 0) is 13.8 Å². The van der Waals surface area contributed by atoms with Crippen LogP contribution in [0.4, 0.5) is 0 Å². The molecule has 0 spiro atoms. The molecule has 0 fully saturated rings. The van der Waals surface area contributed by atoms with E-state index in [1.54, 1.807) is 19.4 Å². The molecule has 6 N–H and O–H groups in total. The number of rotatable bonds is 9. The molecule has 24 heavy (non-hydrogen) atoms. The van der Waals surface area contributed by atoms with Gasteiger partial charge in [0.15, 0.2) is 5.82 Å². The third kappa shape index (κ3) is 5.35. The Bertz CT molecular complexity index is 728. The van der Waals surface area contributed by atoms with Crippen molar-refractivity contribution in [3.63, 3.8) is 0 Å². The normalized spacial score (nSPS) is 16.0. The smallest absolute Gasteiger partial charge is 0.277 e. The largest absolute Gasteiger partial charge is 0.392 e. The van der Waals surface area contributed by atoms with Gasteiger partial charge in [-0.3, -0.25) is 0 Å². The summed E-state index contributed by atoms with van der Waals surface area (Å²) in [5, 5.41) is 13.1. The van der Waals surface area contributed by atoms with Gasteiger partial charge in [-0.2, -0.15) is 22.8 Å². The van der Waals surface area contributed by atoms with Crippen LogP contribution in [-0.4, -0.2) is 45.8 Å². The highest BCUT2D eigenvalue weighted by atomic mass is 32.2. The maximum atomic E-state index is 11.8. The summed E-state index contributed by atoms with van der Waals surface area (Å²) in [6.45, 7) is 2.84. The van der Waals surface area contributed by atoms with E-state index in [0.717, 1.165) is 5.69 Å². The van der Waals surface area contributed by atoms with E-state index in [4.69, 9.17) is 10.3 Å². The highest BCUT2D eigenvalue weighted by Crippen LogP contribution is 2.11. The summed E-state index contributed by atoms with van der Waals surface area (Å²) in [6.07, 6.45) is 2.80. The van der Waals surface area contributed by atoms with Crippen molar-refractivity contribution < 1.29 is 18.0 Å². The molecule has 0 saturated carbocycles. The number of aromatic nitrogens is 4. The monoisotopic (exact) mass is 359 g/mol. The third-order valence-electron chi connectivity index (χ3n) is 3.29. The Morgan fingerprint density at radius 3 is 2.83 bits per heavy atom. The number of nitrogens with zero attached hydrogens (tertiary/aromatic N) is 3. The summed E-state index contributed by atoms with van der Waals surface area (Å²) < 4.78 is 33.1. The number of aliphatic hydroxyl groups is 1. The number of hydrogen-bond donors (Lipinski definition) is 5. The van der Waals surface area contributed by atoms with Crippen molar-refractivity contribution >= 4 is 10.2 Å². The Morgan fingerprint density at radius 1 is 1.46 bits per heavy atom. The van der Waals surface area contributed by atoms with Crippen LogP contribution in [0, 0.1) is 0 Å². The fourth-order valence-electron chi connectivity index (χ4n) is 1.76. The molecular formula is C12H21N7O4S. The SMILES string of the molecule is CC(O)C(C)NS(=O)(=O)NCc1nc(C(N)Cc2cnc[nH]2)no1. The number of aliphatic hydroxyl groups excluding tert-OH is 1. The van der Waals surface area contributed by atoms with Gasteiger partial charge in [0.25, 0.3) is 10.2 Å². The second-order valence-corrected chi connectivity index (χ2v) is 6.94. The minimum Gasteiger partial charge on any atom is -0.392 e. The fraction of sp³-hybridized carbons (Fsp3) is 0.583. The Hall–Kier alpha value is -1.86. The van der Waals surface area contributed by atoms with E-state index in [2.05, 4.69) is 29.6 Å². The first-order valence-corrected chi connectivity index (χ1v) is 8.75. The van der Waals surface area contributed by atoms with E-state index in [1.165, 1.54) is 6.92 Å². The summed E-state index contributed by atoms with van der Waals surface area (Å²) in [6, 6.07) is -1.14. The third-order valence-corrected chi connectivity index (χ3v) is 4.49. The predicted molar refractivity (Wildman–Crippen MR) is 83.6 cm³/mol. The first-order chi connectivity index (χ1) is 11.3. The molecular weight excluding hydrogens is 338 g/mol. The summed E-state index contributed by atoms with van der Waals surface area (Å²) in [7, 11) is -3.81. The van der Waals surface area contributed by atoms with E-state index in [0.29, 0.717) is 6.42 Å². The molecule has 0 aromatic carbocycles. The van der Waals surface area contributed by atoms with E-state index in [-0.39, 0.29) is 18.3 Å². The van der Waals surface area contributed by atoms with Crippen molar-refractivity contribution in [2.24, 2.45) is 5.73 Å². The van der Waals surface area contributed by atoms with Crippen LogP contribution in [0.15, 0.2) is 17.0 Å². The van der Waals surface area contributed by atoms with Gasteiger partial charge < -0.3 is 20.3 Å². The Kier molecular flexibility index (Phi) is 6.01. The van der Waals surface area contributed by atoms with Crippen LogP contribution in [0.3, 0.4) is 0 Å². The second kappa shape index (κ2) is 7.81. The first-order valence-electron chi connectivity index (χ1n) is 7.27. The quantitative estimate of drug-likeness (QED) is 0.368. The highest BCUT2D eigenvalue weighted by Gasteiger charge is 2.20. The van der Waals surface area contributed by atoms with Crippen molar-refractivity contribution in [3.05, 3.63) is 29.9 Å². The number of aromatic amines is 1. The number of nitrogens with two attached hydrogens (primary N) is 1. The van der Waals surface area contributed by atoms with Gasteiger partial charge in [0.2, 0.25) is 5.89 Å². The van der Waals surface area contributed by atoms with Crippen LogP contribution in [0.5, 0.6) is 0 Å². The molecule has 0 bridgehead atoms. The number of nitrogens with one attached hydrogen (secondary N) is 3. The lowest BCUT2D eigenvalue weighted by Gasteiger charge is -2.16. The average Bonchev–Trinajstić information content (AvgIpc) is 3.15. The molecule has 0 saturated heterocycles. The van der Waals surface area contributed by atoms with Gasteiger partial charge in [-0.1, -0.05) is 5.16 Å². The lowest BCUT2D eigenvalue weighted by molar-refractivity contribution is 0.163. The standard InChI is InChI=1S/C12H21N7O4S/c1-7(8(2)20)19-24(21,22)16-5-11-17-12(18-23-11)10(13)3-9-4-14-6-15-9/h4,6-8,10,16,19-20H,3,5,13H2,1-2H3,(H,14,15). The lowest BCUT2D eigenvalue weighted by Crippen LogP contribution is -2.45. The van der Waals surface area contributed by atoms with Crippen molar-refractivity contribution in [2.45, 2.75) is 45.0 Å². The van der Waals surface area contributed by atoms with Gasteiger partial charge in [-0.15, -0.1) is 0 Å². The molecule has 0 aliphatic heterocycles. The molecule has 3 unspecified atom stereocenters. The summed E-state index contributed by atoms with van der Waals surface area (Å²) >= 11 is 0. The molecule has 2 aromatic heterocycles. The molecule has 0 aliphatic rings. The van der Waals surface area contributed by atoms with Gasteiger partial charge in [-0.25, -0.2) is 4.98 Å². The van der Waals surface area contributed by atoms with E-state index in [9.17, 15) is 13.5 Å². The van der Waals surface area contributed by atoms with Gasteiger partial charge in [0.05, 0.1) is 25.0 Å². The predicted octanol–water partition coefficient (Wildman–Crippen LogP) is -1.27. The van der Waals surface area contributed by atoms with Gasteiger partial charge in [0.1, 0.15) is 0 Å². The van der Waals surface area contributed by atoms with Crippen LogP contribution in [-0.2, 0) is 23.2 Å². The van der Waals surface area contributed by atoms with Crippen LogP contribution in [0.2, 0.25) is 0 Å². The topological polar surface area (TPSA) is 172 Å². The average molecular weight is 359 g/mol. The maximum absolute atomic E-state index is 11.8. The highest BCUT2D eigenvalue weighted by molar-refractivity contribution is 7.87. The van der Waals surface area contributed by atoms with Gasteiger partial charge in [0, 0.05) is 24.4 Å².